The van der Waals surface area contributed by atoms with E-state index in [1.807, 2.05) is 36.4 Å². The summed E-state index contributed by atoms with van der Waals surface area (Å²) in [6.45, 7) is 16.1. The fourth-order valence-corrected chi connectivity index (χ4v) is 8.84. The van der Waals surface area contributed by atoms with E-state index in [0.29, 0.717) is 75.1 Å². The van der Waals surface area contributed by atoms with Crippen molar-refractivity contribution < 1.29 is 41.3 Å². The van der Waals surface area contributed by atoms with Gasteiger partial charge in [0.05, 0.1) is 17.8 Å². The number of ether oxygens (including phenoxy) is 4. The van der Waals surface area contributed by atoms with E-state index in [-0.39, 0.29) is 16.6 Å². The molecule has 10 nitrogen and oxygen atoms in total. The molecule has 6 rings (SSSR count). The van der Waals surface area contributed by atoms with Gasteiger partial charge >= 0.3 is 0 Å². The first-order valence-electron chi connectivity index (χ1n) is 20.8. The molecule has 3 heterocycles. The van der Waals surface area contributed by atoms with Crippen molar-refractivity contribution in [2.75, 3.05) is 43.6 Å². The molecular formula is C48H59N2O8S+. The van der Waals surface area contributed by atoms with Crippen LogP contribution in [-0.2, 0) is 46.4 Å². The van der Waals surface area contributed by atoms with Crippen molar-refractivity contribution in [1.29, 1.82) is 0 Å². The van der Waals surface area contributed by atoms with E-state index in [1.165, 1.54) is 22.5 Å². The van der Waals surface area contributed by atoms with E-state index in [2.05, 4.69) is 106 Å². The number of carbonyl (C=O) groups is 1. The van der Waals surface area contributed by atoms with Gasteiger partial charge in [-0.25, -0.2) is 0 Å². The molecule has 0 spiro atoms. The molecule has 59 heavy (non-hydrogen) atoms. The number of hydrogen-bond acceptors (Lipinski definition) is 8. The van der Waals surface area contributed by atoms with Crippen molar-refractivity contribution in [2.45, 2.75) is 90.9 Å². The fraction of sp³-hybridized carbons (Fsp3) is 0.417. The molecule has 3 aromatic rings. The molecule has 0 atom stereocenters. The van der Waals surface area contributed by atoms with Gasteiger partial charge in [-0.15, -0.1) is 0 Å². The van der Waals surface area contributed by atoms with Crippen LogP contribution in [0.2, 0.25) is 0 Å². The van der Waals surface area contributed by atoms with E-state index in [1.54, 1.807) is 0 Å². The largest absolute Gasteiger partial charge is 0.486 e. The Morgan fingerprint density at radius 2 is 1.64 bits per heavy atom. The third-order valence-electron chi connectivity index (χ3n) is 11.4. The van der Waals surface area contributed by atoms with Crippen molar-refractivity contribution in [2.24, 2.45) is 0 Å². The molecule has 0 radical (unpaired) electrons. The van der Waals surface area contributed by atoms with E-state index < -0.39 is 10.1 Å². The molecule has 0 bridgehead atoms. The molecule has 314 valence electrons. The number of nitrogens with zero attached hydrogens (tertiary/aromatic N) is 2. The number of unbranched alkanes of at least 4 members (excludes halogenated alkanes) is 3. The van der Waals surface area contributed by atoms with Crippen LogP contribution in [0.5, 0.6) is 5.75 Å². The number of fused-ring (bicyclic) bond motifs is 2. The number of anilines is 1. The zero-order chi connectivity index (χ0) is 42.2. The highest BCUT2D eigenvalue weighted by Gasteiger charge is 2.44. The number of benzene rings is 3. The Kier molecular flexibility index (Phi) is 13.9. The van der Waals surface area contributed by atoms with Gasteiger partial charge in [-0.05, 0) is 87.6 Å². The lowest BCUT2D eigenvalue weighted by atomic mass is 9.81. The maximum atomic E-state index is 11.5. The lowest BCUT2D eigenvalue weighted by Gasteiger charge is -2.27. The Hall–Kier alpha value is -5.13. The lowest BCUT2D eigenvalue weighted by molar-refractivity contribution is -0.438. The number of aryl methyl sites for hydroxylation is 1. The van der Waals surface area contributed by atoms with Gasteiger partial charge in [0.2, 0.25) is 11.4 Å². The summed E-state index contributed by atoms with van der Waals surface area (Å²) in [6, 6.07) is 22.7. The van der Waals surface area contributed by atoms with Crippen molar-refractivity contribution in [1.82, 2.24) is 0 Å². The molecule has 0 fully saturated rings. The maximum absolute atomic E-state index is 11.5. The second-order valence-corrected chi connectivity index (χ2v) is 18.0. The first-order chi connectivity index (χ1) is 28.2. The first kappa shape index (κ1) is 43.4. The number of carbonyl (C=O) groups excluding carboxylic acids is 1. The first-order valence-corrected chi connectivity index (χ1v) is 22.4. The van der Waals surface area contributed by atoms with Crippen LogP contribution in [0.25, 0.3) is 0 Å². The molecule has 0 saturated carbocycles. The van der Waals surface area contributed by atoms with Crippen LogP contribution in [0.1, 0.15) is 89.0 Å². The summed E-state index contributed by atoms with van der Waals surface area (Å²) in [6.07, 6.45) is 13.0. The highest BCUT2D eigenvalue weighted by atomic mass is 32.2. The monoisotopic (exact) mass is 823 g/mol. The van der Waals surface area contributed by atoms with Gasteiger partial charge in [-0.2, -0.15) is 13.0 Å². The molecule has 0 aromatic heterocycles. The SMILES string of the molecule is CCCCC[N+]1=C(/C=C/C2=C(Oc3ccc(CCOC=O)cc3)C(=C/C=C3/N(CCCCS(=O)(=O)O)c4ccc(C)cc4C3(C)C)/OCCO2)C(C)(C)c2ccccc21. The minimum absolute atomic E-state index is 0.249. The van der Waals surface area contributed by atoms with Crippen LogP contribution in [0, 0.1) is 6.92 Å². The summed E-state index contributed by atoms with van der Waals surface area (Å²) in [5.41, 5.74) is 8.47. The summed E-state index contributed by atoms with van der Waals surface area (Å²) in [5.74, 6) is 1.78. The third kappa shape index (κ3) is 10.2. The van der Waals surface area contributed by atoms with Gasteiger partial charge in [0, 0.05) is 53.9 Å². The van der Waals surface area contributed by atoms with Crippen molar-refractivity contribution in [3.63, 3.8) is 0 Å². The summed E-state index contributed by atoms with van der Waals surface area (Å²) in [4.78, 5) is 12.9. The van der Waals surface area contributed by atoms with Crippen molar-refractivity contribution in [3.05, 3.63) is 136 Å². The molecule has 1 N–H and O–H groups in total. The standard InChI is InChI=1S/C48H58N2O8S/c1-7-8-11-27-49-40-15-10-9-14-38(40)47(3,4)44(49)24-22-42-46(58-37-19-17-36(18-20-37)26-29-55-34-51)43(57-31-30-56-42)23-25-45-48(5,6)39-33-35(2)16-21-41(39)50(45)28-12-13-32-59(52,53)54/h9-10,14-25,33-34H,7-8,11-13,26-32H2,1-6H3/p+1. The van der Waals surface area contributed by atoms with E-state index >= 15 is 0 Å². The van der Waals surface area contributed by atoms with Crippen LogP contribution >= 0.6 is 0 Å². The third-order valence-corrected chi connectivity index (χ3v) is 12.2. The summed E-state index contributed by atoms with van der Waals surface area (Å²) >= 11 is 0. The van der Waals surface area contributed by atoms with Gasteiger partial charge in [-0.1, -0.05) is 75.2 Å². The number of hydrogen-bond donors (Lipinski definition) is 1. The lowest BCUT2D eigenvalue weighted by Crippen LogP contribution is -2.28. The molecule has 0 amide bonds. The van der Waals surface area contributed by atoms with Crippen LogP contribution in [-0.4, -0.2) is 68.4 Å². The smallest absolute Gasteiger partial charge is 0.293 e. The average Bonchev–Trinajstić information content (AvgIpc) is 3.42. The van der Waals surface area contributed by atoms with Crippen molar-refractivity contribution >= 4 is 33.7 Å². The molecule has 0 saturated heterocycles. The predicted molar refractivity (Wildman–Crippen MR) is 233 cm³/mol. The minimum Gasteiger partial charge on any atom is -0.486 e. The average molecular weight is 824 g/mol. The van der Waals surface area contributed by atoms with Crippen LogP contribution < -0.4 is 9.64 Å². The van der Waals surface area contributed by atoms with Crippen LogP contribution in [0.15, 0.2) is 114 Å². The van der Waals surface area contributed by atoms with Gasteiger partial charge in [0.15, 0.2) is 17.2 Å². The zero-order valence-corrected chi connectivity index (χ0v) is 36.1. The highest BCUT2D eigenvalue weighted by molar-refractivity contribution is 7.85. The van der Waals surface area contributed by atoms with Crippen LogP contribution in [0.3, 0.4) is 0 Å². The second-order valence-electron chi connectivity index (χ2n) is 16.4. The van der Waals surface area contributed by atoms with Gasteiger partial charge in [0.1, 0.15) is 25.5 Å². The topological polar surface area (TPSA) is 115 Å². The molecule has 3 aromatic carbocycles. The predicted octanol–water partition coefficient (Wildman–Crippen LogP) is 9.40. The molecule has 3 aliphatic rings. The maximum Gasteiger partial charge on any atom is 0.293 e. The number of para-hydroxylation sites is 1. The van der Waals surface area contributed by atoms with E-state index in [4.69, 9.17) is 18.9 Å². The highest BCUT2D eigenvalue weighted by Crippen LogP contribution is 2.48. The van der Waals surface area contributed by atoms with E-state index in [9.17, 15) is 17.8 Å². The minimum atomic E-state index is -4.05. The normalized spacial score (nSPS) is 18.5. The van der Waals surface area contributed by atoms with Gasteiger partial charge in [-0.3, -0.25) is 9.35 Å². The number of rotatable bonds is 18. The Morgan fingerprint density at radius 1 is 0.881 bits per heavy atom. The Morgan fingerprint density at radius 3 is 2.39 bits per heavy atom. The summed E-state index contributed by atoms with van der Waals surface area (Å²) in [7, 11) is -4.05. The fourth-order valence-electron chi connectivity index (χ4n) is 8.27. The molecule has 3 aliphatic heterocycles. The quantitative estimate of drug-likeness (QED) is 0.0580. The van der Waals surface area contributed by atoms with E-state index in [0.717, 1.165) is 48.3 Å². The summed E-state index contributed by atoms with van der Waals surface area (Å²) < 4.78 is 59.4. The zero-order valence-electron chi connectivity index (χ0n) is 35.3. The Bertz CT molecular complexity index is 2270. The van der Waals surface area contributed by atoms with Crippen molar-refractivity contribution in [3.8, 4) is 5.75 Å². The van der Waals surface area contributed by atoms with Gasteiger partial charge < -0.3 is 23.8 Å². The molecule has 11 heteroatoms. The molecule has 0 aliphatic carbocycles. The molecule has 0 unspecified atom stereocenters. The Balaban J connectivity index is 1.44. The summed E-state index contributed by atoms with van der Waals surface area (Å²) in [5, 5.41) is 0. The Labute approximate surface area is 350 Å². The van der Waals surface area contributed by atoms with Gasteiger partial charge in [0.25, 0.3) is 16.6 Å². The number of allylic oxidation sites excluding steroid dienone is 5. The molecular weight excluding hydrogens is 765 g/mol. The second kappa shape index (κ2) is 18.8. The van der Waals surface area contributed by atoms with Crippen LogP contribution in [0.4, 0.5) is 11.4 Å².